The first-order valence-corrected chi connectivity index (χ1v) is 12.6. The fourth-order valence-electron chi connectivity index (χ4n) is 6.79. The second kappa shape index (κ2) is 8.40. The topological polar surface area (TPSA) is 95.9 Å². The molecule has 0 spiro atoms. The van der Waals surface area contributed by atoms with Gasteiger partial charge in [-0.2, -0.15) is 0 Å². The van der Waals surface area contributed by atoms with Gasteiger partial charge in [0.05, 0.1) is 5.41 Å². The number of amides is 2. The molecule has 2 aromatic rings. The van der Waals surface area contributed by atoms with Crippen LogP contribution in [0.15, 0.2) is 48.5 Å². The van der Waals surface area contributed by atoms with E-state index in [-0.39, 0.29) is 30.4 Å². The van der Waals surface area contributed by atoms with Gasteiger partial charge in [0.25, 0.3) is 0 Å². The molecule has 4 atom stereocenters. The average molecular weight is 475 g/mol. The molecule has 0 radical (unpaired) electrons. The Balaban J connectivity index is 1.07. The van der Waals surface area contributed by atoms with Gasteiger partial charge in [-0.3, -0.25) is 4.79 Å². The third-order valence-corrected chi connectivity index (χ3v) is 8.55. The molecule has 0 aromatic heterocycles. The number of carboxylic acid groups (broad SMARTS) is 1. The molecule has 0 bridgehead atoms. The Bertz CT molecular complexity index is 1150. The lowest BCUT2D eigenvalue weighted by molar-refractivity contribution is -0.154. The van der Waals surface area contributed by atoms with Crippen LogP contribution in [0, 0.1) is 11.3 Å². The zero-order valence-electron chi connectivity index (χ0n) is 19.6. The summed E-state index contributed by atoms with van der Waals surface area (Å²) in [6.07, 6.45) is 3.83. The van der Waals surface area contributed by atoms with Gasteiger partial charge in [-0.1, -0.05) is 48.5 Å². The molecule has 1 heterocycles. The highest BCUT2D eigenvalue weighted by atomic mass is 16.5. The number of likely N-dealkylation sites (tertiary alicyclic amines) is 1. The zero-order chi connectivity index (χ0) is 24.2. The second-order valence-electron chi connectivity index (χ2n) is 10.5. The number of fused-ring (bicyclic) bond motifs is 4. The van der Waals surface area contributed by atoms with Gasteiger partial charge in [0, 0.05) is 18.5 Å². The number of nitrogens with zero attached hydrogens (tertiary/aromatic N) is 1. The number of carbonyl (C=O) groups is 3. The number of benzene rings is 2. The summed E-state index contributed by atoms with van der Waals surface area (Å²) in [5, 5.41) is 12.6. The van der Waals surface area contributed by atoms with Gasteiger partial charge in [-0.15, -0.1) is 0 Å². The maximum atomic E-state index is 13.4. The van der Waals surface area contributed by atoms with E-state index in [1.54, 1.807) is 4.90 Å². The van der Waals surface area contributed by atoms with Crippen molar-refractivity contribution < 1.29 is 24.2 Å². The van der Waals surface area contributed by atoms with Crippen LogP contribution in [0.2, 0.25) is 0 Å². The molecular formula is C28H30N2O5. The predicted octanol–water partition coefficient (Wildman–Crippen LogP) is 4.16. The van der Waals surface area contributed by atoms with Gasteiger partial charge in [0.2, 0.25) is 5.91 Å². The molecule has 2 aromatic carbocycles. The quantitative estimate of drug-likeness (QED) is 0.679. The van der Waals surface area contributed by atoms with Crippen LogP contribution in [0.3, 0.4) is 0 Å². The van der Waals surface area contributed by atoms with Crippen molar-refractivity contribution in [1.82, 2.24) is 10.2 Å². The third kappa shape index (κ3) is 3.68. The normalized spacial score (nSPS) is 28.6. The van der Waals surface area contributed by atoms with E-state index < -0.39 is 23.5 Å². The van der Waals surface area contributed by atoms with Crippen LogP contribution in [0.1, 0.15) is 55.6 Å². The Morgan fingerprint density at radius 1 is 1.00 bits per heavy atom. The molecule has 4 aliphatic rings. The number of piperidine rings is 1. The van der Waals surface area contributed by atoms with E-state index >= 15 is 0 Å². The SMILES string of the molecule is O=C(N[C@H]1C[C@@H]2C[C@]2(C(=O)N2CCCC[C@H]2C(=O)O)C1)OCC1c2ccccc2-c2ccccc21. The fraction of sp³-hybridized carbons (Fsp3) is 0.464. The van der Waals surface area contributed by atoms with Crippen molar-refractivity contribution in [3.63, 3.8) is 0 Å². The van der Waals surface area contributed by atoms with Crippen molar-refractivity contribution in [3.05, 3.63) is 59.7 Å². The molecule has 7 heteroatoms. The van der Waals surface area contributed by atoms with E-state index in [0.29, 0.717) is 19.4 Å². The highest BCUT2D eigenvalue weighted by Gasteiger charge is 2.66. The number of carboxylic acids is 1. The number of rotatable bonds is 5. The molecule has 182 valence electrons. The van der Waals surface area contributed by atoms with E-state index in [1.165, 1.54) is 22.3 Å². The summed E-state index contributed by atoms with van der Waals surface area (Å²) in [7, 11) is 0. The molecule has 35 heavy (non-hydrogen) atoms. The van der Waals surface area contributed by atoms with Gasteiger partial charge < -0.3 is 20.1 Å². The number of hydrogen-bond acceptors (Lipinski definition) is 4. The number of aliphatic carboxylic acids is 1. The Morgan fingerprint density at radius 2 is 1.69 bits per heavy atom. The first-order chi connectivity index (χ1) is 17.0. The maximum Gasteiger partial charge on any atom is 0.407 e. The standard InChI is InChI=1S/C28H30N2O5/c31-25(32)24-11-5-6-12-30(24)26(33)28-14-17(28)13-18(15-28)29-27(34)35-16-23-21-9-3-1-7-19(21)20-8-2-4-10-22(20)23/h1-4,7-10,17-18,23-24H,5-6,11-16H2,(H,29,34)(H,31,32)/t17-,18+,24+,28+/m1/s1. The fourth-order valence-corrected chi connectivity index (χ4v) is 6.79. The molecule has 3 aliphatic carbocycles. The van der Waals surface area contributed by atoms with E-state index in [9.17, 15) is 19.5 Å². The molecule has 1 saturated heterocycles. The van der Waals surface area contributed by atoms with Crippen LogP contribution >= 0.6 is 0 Å². The molecule has 2 saturated carbocycles. The maximum absolute atomic E-state index is 13.4. The van der Waals surface area contributed by atoms with Crippen LogP contribution in [0.25, 0.3) is 11.1 Å². The number of nitrogens with one attached hydrogen (secondary N) is 1. The van der Waals surface area contributed by atoms with Crippen LogP contribution in [0.4, 0.5) is 4.79 Å². The minimum absolute atomic E-state index is 0.00473. The van der Waals surface area contributed by atoms with Crippen LogP contribution in [-0.4, -0.2) is 53.2 Å². The van der Waals surface area contributed by atoms with Crippen molar-refractivity contribution in [3.8, 4) is 11.1 Å². The lowest BCUT2D eigenvalue weighted by atomic mass is 9.95. The van der Waals surface area contributed by atoms with Gasteiger partial charge in [0.1, 0.15) is 12.6 Å². The summed E-state index contributed by atoms with van der Waals surface area (Å²) in [6.45, 7) is 0.767. The van der Waals surface area contributed by atoms with Gasteiger partial charge in [-0.25, -0.2) is 9.59 Å². The summed E-state index contributed by atoms with van der Waals surface area (Å²) in [5.74, 6) is -0.736. The number of hydrogen-bond donors (Lipinski definition) is 2. The second-order valence-corrected chi connectivity index (χ2v) is 10.5. The molecule has 1 aliphatic heterocycles. The largest absolute Gasteiger partial charge is 0.480 e. The van der Waals surface area contributed by atoms with Gasteiger partial charge in [-0.05, 0) is 66.7 Å². The van der Waals surface area contributed by atoms with Crippen molar-refractivity contribution in [2.24, 2.45) is 11.3 Å². The van der Waals surface area contributed by atoms with Crippen LogP contribution in [0.5, 0.6) is 0 Å². The number of alkyl carbamates (subject to hydrolysis) is 1. The predicted molar refractivity (Wildman–Crippen MR) is 129 cm³/mol. The molecule has 2 N–H and O–H groups in total. The Hall–Kier alpha value is -3.35. The summed E-state index contributed by atoms with van der Waals surface area (Å²) >= 11 is 0. The molecule has 0 unspecified atom stereocenters. The van der Waals surface area contributed by atoms with Crippen molar-refractivity contribution in [2.45, 2.75) is 56.5 Å². The molecule has 7 nitrogen and oxygen atoms in total. The minimum atomic E-state index is -0.919. The lowest BCUT2D eigenvalue weighted by Gasteiger charge is -2.35. The lowest BCUT2D eigenvalue weighted by Crippen LogP contribution is -2.51. The van der Waals surface area contributed by atoms with E-state index in [4.69, 9.17) is 4.74 Å². The monoisotopic (exact) mass is 474 g/mol. The summed E-state index contributed by atoms with van der Waals surface area (Å²) in [4.78, 5) is 39.3. The Labute approximate surface area is 204 Å². The van der Waals surface area contributed by atoms with Crippen LogP contribution < -0.4 is 5.32 Å². The molecule has 2 amide bonds. The summed E-state index contributed by atoms with van der Waals surface area (Å²) < 4.78 is 5.69. The zero-order valence-corrected chi connectivity index (χ0v) is 19.6. The van der Waals surface area contributed by atoms with E-state index in [2.05, 4.69) is 29.6 Å². The van der Waals surface area contributed by atoms with Gasteiger partial charge in [0.15, 0.2) is 0 Å². The minimum Gasteiger partial charge on any atom is -0.480 e. The third-order valence-electron chi connectivity index (χ3n) is 8.55. The van der Waals surface area contributed by atoms with Crippen molar-refractivity contribution >= 4 is 18.0 Å². The van der Waals surface area contributed by atoms with E-state index in [1.807, 2.05) is 24.3 Å². The first kappa shape index (κ1) is 22.1. The van der Waals surface area contributed by atoms with Crippen LogP contribution in [-0.2, 0) is 14.3 Å². The van der Waals surface area contributed by atoms with E-state index in [0.717, 1.165) is 25.7 Å². The molecule has 3 fully saturated rings. The van der Waals surface area contributed by atoms with Gasteiger partial charge >= 0.3 is 12.1 Å². The number of ether oxygens (including phenoxy) is 1. The number of carbonyl (C=O) groups excluding carboxylic acids is 2. The summed E-state index contributed by atoms with van der Waals surface area (Å²) in [6, 6.07) is 15.6. The highest BCUT2D eigenvalue weighted by molar-refractivity contribution is 5.90. The van der Waals surface area contributed by atoms with Crippen molar-refractivity contribution in [1.29, 1.82) is 0 Å². The summed E-state index contributed by atoms with van der Waals surface area (Å²) in [5.41, 5.74) is 4.20. The highest BCUT2D eigenvalue weighted by Crippen LogP contribution is 2.64. The molecule has 6 rings (SSSR count). The first-order valence-electron chi connectivity index (χ1n) is 12.6. The smallest absolute Gasteiger partial charge is 0.407 e. The Kier molecular flexibility index (Phi) is 5.31. The molecular weight excluding hydrogens is 444 g/mol. The average Bonchev–Trinajstić information content (AvgIpc) is 3.30. The van der Waals surface area contributed by atoms with Crippen molar-refractivity contribution in [2.75, 3.05) is 13.2 Å². The Morgan fingerprint density at radius 3 is 2.37 bits per heavy atom.